The molecule has 0 bridgehead atoms. The first-order valence-corrected chi connectivity index (χ1v) is 2.38. The van der Waals surface area contributed by atoms with Crippen molar-refractivity contribution >= 4 is 27.3 Å². The second-order valence-electron chi connectivity index (χ2n) is 0.472. The van der Waals surface area contributed by atoms with Gasteiger partial charge in [0.05, 0.1) is 0 Å². The molecule has 0 aromatic rings. The highest BCUT2D eigenvalue weighted by Crippen LogP contribution is 1.84. The first-order valence-electron chi connectivity index (χ1n) is 0.931. The van der Waals surface area contributed by atoms with Crippen LogP contribution in [0.4, 0.5) is 4.79 Å². The summed E-state index contributed by atoms with van der Waals surface area (Å²) in [6.45, 7) is 0. The van der Waals surface area contributed by atoms with Gasteiger partial charge in [-0.15, -0.1) is 0 Å². The third kappa shape index (κ3) is 2.32. The summed E-state index contributed by atoms with van der Waals surface area (Å²) in [4.78, 5) is 9.30. The van der Waals surface area contributed by atoms with Crippen LogP contribution in [0.2, 0.25) is 0 Å². The number of hydrogen-bond acceptors (Lipinski definition) is 3. The number of hydrogen-bond donors (Lipinski definition) is 0. The molecule has 1 atom stereocenters. The predicted molar refractivity (Wildman–Crippen MR) is 20.2 cm³/mol. The quantitative estimate of drug-likeness (QED) is 0.346. The lowest BCUT2D eigenvalue weighted by atomic mass is 11.8. The highest BCUT2D eigenvalue weighted by Gasteiger charge is 1.87. The third-order valence-electron chi connectivity index (χ3n) is 0.131. The lowest BCUT2D eigenvalue weighted by Crippen LogP contribution is -1.91. The number of carbonyl (C=O) groups excluding carboxylic acids is 1. The van der Waals surface area contributed by atoms with Crippen molar-refractivity contribution in [2.24, 2.45) is 0 Å². The fraction of sp³-hybridized carbons (Fsp3) is 0. The molecule has 0 rings (SSSR count). The molecule has 5 heteroatoms. The summed E-state index contributed by atoms with van der Waals surface area (Å²) in [6.07, 6.45) is 0. The molecule has 36 valence electrons. The number of carbonyl (C=O) groups is 1. The van der Waals surface area contributed by atoms with Crippen LogP contribution >= 0.6 is 11.6 Å². The van der Waals surface area contributed by atoms with Crippen LogP contribution in [0.3, 0.4) is 0 Å². The fourth-order valence-electron chi connectivity index (χ4n) is 0. The molecule has 0 N–H and O–H groups in total. The van der Waals surface area contributed by atoms with Crippen LogP contribution in [-0.4, -0.2) is 13.3 Å². The van der Waals surface area contributed by atoms with Gasteiger partial charge in [-0.25, -0.2) is 0 Å². The molecule has 0 radical (unpaired) electrons. The molecule has 0 saturated heterocycles. The first kappa shape index (κ1) is 6.07. The van der Waals surface area contributed by atoms with Gasteiger partial charge in [-0.2, -0.15) is 0 Å². The molecule has 0 heterocycles. The van der Waals surface area contributed by atoms with E-state index in [0.717, 1.165) is 0 Å². The van der Waals surface area contributed by atoms with Gasteiger partial charge in [-0.3, -0.25) is 9.00 Å². The summed E-state index contributed by atoms with van der Waals surface area (Å²) in [5, 5.41) is 0. The zero-order chi connectivity index (χ0) is 5.15. The minimum atomic E-state index is -2.74. The SMILES string of the molecule is O=C(Cl)S(=O)[O-]. The Morgan fingerprint density at radius 3 is 2.00 bits per heavy atom. The van der Waals surface area contributed by atoms with Gasteiger partial charge in [-0.05, 0) is 11.6 Å². The van der Waals surface area contributed by atoms with Gasteiger partial charge in [-0.1, -0.05) is 0 Å². The van der Waals surface area contributed by atoms with Crippen molar-refractivity contribution < 1.29 is 13.6 Å². The molecular formula is CClO3S-. The summed E-state index contributed by atoms with van der Waals surface area (Å²) in [7, 11) is 0. The molecule has 0 spiro atoms. The molecule has 0 aliphatic carbocycles. The van der Waals surface area contributed by atoms with Crippen LogP contribution in [0.5, 0.6) is 0 Å². The van der Waals surface area contributed by atoms with Gasteiger partial charge >= 0.3 is 0 Å². The number of rotatable bonds is 0. The van der Waals surface area contributed by atoms with Crippen LogP contribution in [0, 0.1) is 0 Å². The monoisotopic (exact) mass is 127 g/mol. The van der Waals surface area contributed by atoms with E-state index in [4.69, 9.17) is 0 Å². The molecule has 0 fully saturated rings. The third-order valence-corrected chi connectivity index (χ3v) is 0.771. The van der Waals surface area contributed by atoms with Crippen molar-refractivity contribution in [3.8, 4) is 0 Å². The van der Waals surface area contributed by atoms with Crippen LogP contribution in [-0.2, 0) is 11.1 Å². The molecule has 0 aliphatic heterocycles. The smallest absolute Gasteiger partial charge is 0.296 e. The molecular weight excluding hydrogens is 128 g/mol. The van der Waals surface area contributed by atoms with Crippen LogP contribution in [0.25, 0.3) is 0 Å². The van der Waals surface area contributed by atoms with Gasteiger partial charge in [0.2, 0.25) is 0 Å². The highest BCUT2D eigenvalue weighted by atomic mass is 35.5. The predicted octanol–water partition coefficient (Wildman–Crippen LogP) is 0.224. The average Bonchev–Trinajstić information content (AvgIpc) is 1.36. The Hall–Kier alpha value is 0.0700. The van der Waals surface area contributed by atoms with Crippen molar-refractivity contribution in [3.05, 3.63) is 0 Å². The van der Waals surface area contributed by atoms with Crippen LogP contribution < -0.4 is 0 Å². The summed E-state index contributed by atoms with van der Waals surface area (Å²) in [5.41, 5.74) is 0. The van der Waals surface area contributed by atoms with Crippen LogP contribution in [0.1, 0.15) is 0 Å². The summed E-state index contributed by atoms with van der Waals surface area (Å²) in [5.74, 6) is 0. The maximum atomic E-state index is 9.30. The number of halogens is 1. The van der Waals surface area contributed by atoms with E-state index < -0.39 is 15.7 Å². The van der Waals surface area contributed by atoms with Crippen molar-refractivity contribution in [3.63, 3.8) is 0 Å². The molecule has 6 heavy (non-hydrogen) atoms. The van der Waals surface area contributed by atoms with Gasteiger partial charge in [0.1, 0.15) is 0 Å². The Morgan fingerprint density at radius 2 is 2.00 bits per heavy atom. The second kappa shape index (κ2) is 2.28. The first-order chi connectivity index (χ1) is 2.64. The zero-order valence-electron chi connectivity index (χ0n) is 2.51. The maximum absolute atomic E-state index is 9.30. The van der Waals surface area contributed by atoms with Gasteiger partial charge in [0, 0.05) is 11.1 Å². The van der Waals surface area contributed by atoms with E-state index in [9.17, 15) is 13.6 Å². The maximum Gasteiger partial charge on any atom is 0.296 e. The van der Waals surface area contributed by atoms with Gasteiger partial charge in [0.15, 0.2) is 0 Å². The van der Waals surface area contributed by atoms with E-state index in [0.29, 0.717) is 0 Å². The molecule has 0 aliphatic rings. The van der Waals surface area contributed by atoms with E-state index in [1.54, 1.807) is 0 Å². The van der Waals surface area contributed by atoms with Gasteiger partial charge < -0.3 is 4.55 Å². The molecule has 0 aromatic heterocycles. The summed E-state index contributed by atoms with van der Waals surface area (Å²) >= 11 is 1.62. The standard InChI is InChI=1S/CHClO3S/c2-1(3)6(4)5/h(H,4,5)/p-1. The molecule has 0 amide bonds. The van der Waals surface area contributed by atoms with Crippen molar-refractivity contribution in [2.45, 2.75) is 0 Å². The summed E-state index contributed by atoms with van der Waals surface area (Å²) in [6, 6.07) is 0. The van der Waals surface area contributed by atoms with E-state index in [1.807, 2.05) is 0 Å². The fourth-order valence-corrected chi connectivity index (χ4v) is 0. The molecule has 0 aromatic carbocycles. The Labute approximate surface area is 41.6 Å². The summed E-state index contributed by atoms with van der Waals surface area (Å²) < 4.78 is 17.1. The minimum Gasteiger partial charge on any atom is -0.765 e. The average molecular weight is 128 g/mol. The van der Waals surface area contributed by atoms with Crippen molar-refractivity contribution in [1.82, 2.24) is 0 Å². The zero-order valence-corrected chi connectivity index (χ0v) is 4.08. The largest absolute Gasteiger partial charge is 0.765 e. The normalized spacial score (nSPS) is 13.7. The Morgan fingerprint density at radius 1 is 1.83 bits per heavy atom. The van der Waals surface area contributed by atoms with E-state index in [1.165, 1.54) is 0 Å². The Kier molecular flexibility index (Phi) is 2.31. The second-order valence-corrected chi connectivity index (χ2v) is 1.88. The van der Waals surface area contributed by atoms with Gasteiger partial charge in [0.25, 0.3) is 4.57 Å². The molecule has 1 unspecified atom stereocenters. The molecule has 3 nitrogen and oxygen atoms in total. The Bertz CT molecular complexity index is 76.8. The van der Waals surface area contributed by atoms with E-state index in [-0.39, 0.29) is 0 Å². The topological polar surface area (TPSA) is 57.2 Å². The highest BCUT2D eigenvalue weighted by molar-refractivity contribution is 7.98. The van der Waals surface area contributed by atoms with Crippen molar-refractivity contribution in [1.29, 1.82) is 0 Å². The lowest BCUT2D eigenvalue weighted by Gasteiger charge is -1.90. The Balaban J connectivity index is 3.57. The lowest BCUT2D eigenvalue weighted by molar-refractivity contribution is 0.273. The van der Waals surface area contributed by atoms with E-state index in [2.05, 4.69) is 11.6 Å². The van der Waals surface area contributed by atoms with E-state index >= 15 is 0 Å². The van der Waals surface area contributed by atoms with Crippen LogP contribution in [0.15, 0.2) is 0 Å². The van der Waals surface area contributed by atoms with Crippen molar-refractivity contribution in [2.75, 3.05) is 0 Å². The molecule has 0 saturated carbocycles. The minimum absolute atomic E-state index is 1.35.